The van der Waals surface area contributed by atoms with Crippen molar-refractivity contribution < 1.29 is 18.9 Å². The van der Waals surface area contributed by atoms with E-state index in [0.29, 0.717) is 23.8 Å². The van der Waals surface area contributed by atoms with Crippen molar-refractivity contribution in [3.05, 3.63) is 17.7 Å². The van der Waals surface area contributed by atoms with E-state index in [1.54, 1.807) is 35.5 Å². The summed E-state index contributed by atoms with van der Waals surface area (Å²) in [5.41, 5.74) is 1.00. The number of rotatable bonds is 12. The third kappa shape index (κ3) is 9.16. The van der Waals surface area contributed by atoms with E-state index < -0.39 is 0 Å². The van der Waals surface area contributed by atoms with Gasteiger partial charge in [-0.1, -0.05) is 0 Å². The van der Waals surface area contributed by atoms with Crippen molar-refractivity contribution in [2.45, 2.75) is 13.0 Å². The Morgan fingerprint density at radius 1 is 1.00 bits per heavy atom. The van der Waals surface area contributed by atoms with Crippen LogP contribution in [0.25, 0.3) is 0 Å². The molecule has 9 heteroatoms. The minimum Gasteiger partial charge on any atom is -0.493 e. The molecular formula is C19H35IN4O4. The molecule has 0 atom stereocenters. The minimum atomic E-state index is 0. The predicted octanol–water partition coefficient (Wildman–Crippen LogP) is 1.96. The summed E-state index contributed by atoms with van der Waals surface area (Å²) in [5.74, 6) is 2.60. The van der Waals surface area contributed by atoms with Crippen LogP contribution in [0.1, 0.15) is 12.0 Å². The topological polar surface area (TPSA) is 76.6 Å². The van der Waals surface area contributed by atoms with Gasteiger partial charge in [0.15, 0.2) is 17.5 Å². The Hall–Kier alpha value is -1.46. The van der Waals surface area contributed by atoms with Crippen LogP contribution in [0.15, 0.2) is 17.1 Å². The lowest BCUT2D eigenvalue weighted by atomic mass is 10.2. The summed E-state index contributed by atoms with van der Waals surface area (Å²) in [6.45, 7) is 4.11. The summed E-state index contributed by atoms with van der Waals surface area (Å²) in [4.78, 5) is 6.53. The second kappa shape index (κ2) is 15.5. The Morgan fingerprint density at radius 3 is 2.14 bits per heavy atom. The van der Waals surface area contributed by atoms with Gasteiger partial charge in [-0.2, -0.15) is 0 Å². The number of likely N-dealkylation sites (N-methyl/N-ethyl adjacent to an activating group) is 1. The second-order valence-corrected chi connectivity index (χ2v) is 6.04. The molecule has 0 unspecified atom stereocenters. The monoisotopic (exact) mass is 510 g/mol. The molecule has 0 heterocycles. The van der Waals surface area contributed by atoms with Gasteiger partial charge >= 0.3 is 0 Å². The maximum Gasteiger partial charge on any atom is 0.203 e. The molecule has 0 aromatic heterocycles. The van der Waals surface area contributed by atoms with Crippen LogP contribution < -0.4 is 24.8 Å². The van der Waals surface area contributed by atoms with Gasteiger partial charge in [-0.25, -0.2) is 0 Å². The van der Waals surface area contributed by atoms with Gasteiger partial charge < -0.3 is 34.5 Å². The molecule has 0 spiro atoms. The van der Waals surface area contributed by atoms with Crippen LogP contribution in [0, 0.1) is 0 Å². The first-order chi connectivity index (χ1) is 13.1. The highest BCUT2D eigenvalue weighted by molar-refractivity contribution is 14.0. The molecule has 1 aromatic carbocycles. The standard InChI is InChI=1S/C19H34N4O4.HI/c1-20-19(21-8-10-23(2)9-7-11-24-3)22-14-15-12-16(25-4)18(27-6)17(13-15)26-5;/h12-13H,7-11,14H2,1-6H3,(H2,20,21,22);1H. The van der Waals surface area contributed by atoms with Gasteiger partial charge in [-0.15, -0.1) is 24.0 Å². The number of nitrogens with one attached hydrogen (secondary N) is 2. The largest absolute Gasteiger partial charge is 0.493 e. The summed E-state index contributed by atoms with van der Waals surface area (Å²) < 4.78 is 21.2. The lowest BCUT2D eigenvalue weighted by molar-refractivity contribution is 0.180. The number of nitrogens with zero attached hydrogens (tertiary/aromatic N) is 2. The number of ether oxygens (including phenoxy) is 4. The Balaban J connectivity index is 0.00000729. The van der Waals surface area contributed by atoms with Crippen LogP contribution in [0.2, 0.25) is 0 Å². The molecule has 0 radical (unpaired) electrons. The van der Waals surface area contributed by atoms with E-state index in [-0.39, 0.29) is 24.0 Å². The highest BCUT2D eigenvalue weighted by Gasteiger charge is 2.13. The first-order valence-electron chi connectivity index (χ1n) is 9.00. The third-order valence-electron chi connectivity index (χ3n) is 4.08. The minimum absolute atomic E-state index is 0. The fourth-order valence-corrected chi connectivity index (χ4v) is 2.60. The molecule has 1 aromatic rings. The number of methoxy groups -OCH3 is 4. The lowest BCUT2D eigenvalue weighted by Gasteiger charge is -2.18. The summed E-state index contributed by atoms with van der Waals surface area (Å²) in [7, 11) is 10.4. The number of aliphatic imine (C=N–C) groups is 1. The molecule has 1 rings (SSSR count). The normalized spacial score (nSPS) is 11.0. The number of halogens is 1. The quantitative estimate of drug-likeness (QED) is 0.193. The van der Waals surface area contributed by atoms with Crippen molar-refractivity contribution in [2.24, 2.45) is 4.99 Å². The van der Waals surface area contributed by atoms with E-state index in [9.17, 15) is 0 Å². The second-order valence-electron chi connectivity index (χ2n) is 6.04. The average molecular weight is 510 g/mol. The number of hydrogen-bond acceptors (Lipinski definition) is 6. The van der Waals surface area contributed by atoms with Crippen molar-refractivity contribution in [2.75, 3.05) is 68.8 Å². The molecule has 0 bridgehead atoms. The van der Waals surface area contributed by atoms with Crippen molar-refractivity contribution in [3.63, 3.8) is 0 Å². The van der Waals surface area contributed by atoms with Gasteiger partial charge in [0, 0.05) is 46.9 Å². The Morgan fingerprint density at radius 2 is 1.64 bits per heavy atom. The highest BCUT2D eigenvalue weighted by atomic mass is 127. The maximum absolute atomic E-state index is 5.39. The molecule has 0 aliphatic heterocycles. The van der Waals surface area contributed by atoms with Crippen LogP contribution in [0.3, 0.4) is 0 Å². The molecule has 0 fully saturated rings. The molecule has 0 saturated heterocycles. The van der Waals surface area contributed by atoms with Crippen LogP contribution in [0.5, 0.6) is 17.2 Å². The Labute approximate surface area is 186 Å². The van der Waals surface area contributed by atoms with Crippen molar-refractivity contribution >= 4 is 29.9 Å². The molecule has 28 heavy (non-hydrogen) atoms. The first kappa shape index (κ1) is 26.5. The van der Waals surface area contributed by atoms with Crippen molar-refractivity contribution in [1.29, 1.82) is 0 Å². The summed E-state index contributed by atoms with van der Waals surface area (Å²) in [5, 5.41) is 6.62. The smallest absolute Gasteiger partial charge is 0.203 e. The van der Waals surface area contributed by atoms with Gasteiger partial charge in [-0.05, 0) is 31.2 Å². The van der Waals surface area contributed by atoms with Crippen LogP contribution in [0.4, 0.5) is 0 Å². The van der Waals surface area contributed by atoms with E-state index in [1.165, 1.54) is 0 Å². The third-order valence-corrected chi connectivity index (χ3v) is 4.08. The van der Waals surface area contributed by atoms with Gasteiger partial charge in [0.1, 0.15) is 0 Å². The lowest BCUT2D eigenvalue weighted by Crippen LogP contribution is -2.40. The SMILES string of the molecule is CN=C(NCCN(C)CCCOC)NCc1cc(OC)c(OC)c(OC)c1.I. The zero-order valence-corrected chi connectivity index (χ0v) is 20.2. The molecular weight excluding hydrogens is 475 g/mol. The van der Waals surface area contributed by atoms with Crippen LogP contribution in [-0.4, -0.2) is 79.6 Å². The van der Waals surface area contributed by atoms with Crippen molar-refractivity contribution in [1.82, 2.24) is 15.5 Å². The van der Waals surface area contributed by atoms with Gasteiger partial charge in [0.2, 0.25) is 5.75 Å². The maximum atomic E-state index is 5.39. The van der Waals surface area contributed by atoms with Crippen LogP contribution in [-0.2, 0) is 11.3 Å². The first-order valence-corrected chi connectivity index (χ1v) is 9.00. The van der Waals surface area contributed by atoms with E-state index >= 15 is 0 Å². The molecule has 0 aliphatic carbocycles. The molecule has 0 aliphatic rings. The van der Waals surface area contributed by atoms with Gasteiger partial charge in [0.25, 0.3) is 0 Å². The van der Waals surface area contributed by atoms with E-state index in [1.807, 2.05) is 12.1 Å². The summed E-state index contributed by atoms with van der Waals surface area (Å²) in [6, 6.07) is 3.84. The number of guanidine groups is 1. The number of benzene rings is 1. The Kier molecular flexibility index (Phi) is 14.7. The molecule has 8 nitrogen and oxygen atoms in total. The fraction of sp³-hybridized carbons (Fsp3) is 0.632. The summed E-state index contributed by atoms with van der Waals surface area (Å²) >= 11 is 0. The zero-order chi connectivity index (χ0) is 20.1. The van der Waals surface area contributed by atoms with Crippen LogP contribution >= 0.6 is 24.0 Å². The molecule has 0 amide bonds. The number of hydrogen-bond donors (Lipinski definition) is 2. The molecule has 162 valence electrons. The van der Waals surface area contributed by atoms with Crippen molar-refractivity contribution in [3.8, 4) is 17.2 Å². The average Bonchev–Trinajstić information content (AvgIpc) is 2.69. The van der Waals surface area contributed by atoms with E-state index in [4.69, 9.17) is 18.9 Å². The molecule has 0 saturated carbocycles. The van der Waals surface area contributed by atoms with Gasteiger partial charge in [-0.3, -0.25) is 4.99 Å². The predicted molar refractivity (Wildman–Crippen MR) is 124 cm³/mol. The van der Waals surface area contributed by atoms with E-state index in [2.05, 4.69) is 27.6 Å². The zero-order valence-electron chi connectivity index (χ0n) is 17.8. The fourth-order valence-electron chi connectivity index (χ4n) is 2.60. The van der Waals surface area contributed by atoms with E-state index in [0.717, 1.165) is 44.2 Å². The molecule has 2 N–H and O–H groups in total. The Bertz CT molecular complexity index is 562. The summed E-state index contributed by atoms with van der Waals surface area (Å²) in [6.07, 6.45) is 1.03. The highest BCUT2D eigenvalue weighted by Crippen LogP contribution is 2.38. The van der Waals surface area contributed by atoms with Gasteiger partial charge in [0.05, 0.1) is 21.3 Å².